The average Bonchev–Trinajstić information content (AvgIpc) is 2.27. The highest BCUT2D eigenvalue weighted by Gasteiger charge is 2.08. The van der Waals surface area contributed by atoms with Crippen LogP contribution in [0.4, 0.5) is 0 Å². The van der Waals surface area contributed by atoms with Crippen LogP contribution in [0.2, 0.25) is 0 Å². The van der Waals surface area contributed by atoms with Crippen molar-refractivity contribution in [3.8, 4) is 5.75 Å². The minimum atomic E-state index is -0.964. The minimum Gasteiger partial charge on any atom is -0.491 e. The van der Waals surface area contributed by atoms with Gasteiger partial charge in [-0.3, -0.25) is 0 Å². The molecule has 0 spiro atoms. The molecule has 4 nitrogen and oxygen atoms in total. The molecule has 0 aliphatic rings. The van der Waals surface area contributed by atoms with Gasteiger partial charge in [0.2, 0.25) is 0 Å². The highest BCUT2D eigenvalue weighted by atomic mass is 79.9. The van der Waals surface area contributed by atoms with E-state index in [9.17, 15) is 4.79 Å². The van der Waals surface area contributed by atoms with Crippen molar-refractivity contribution in [3.63, 3.8) is 0 Å². The zero-order chi connectivity index (χ0) is 13.5. The minimum absolute atomic E-state index is 0.221. The summed E-state index contributed by atoms with van der Waals surface area (Å²) in [5, 5.41) is 8.86. The Balaban J connectivity index is 2.39. The van der Waals surface area contributed by atoms with Crippen LogP contribution in [0.15, 0.2) is 22.7 Å². The van der Waals surface area contributed by atoms with Gasteiger partial charge in [0.15, 0.2) is 0 Å². The molecule has 1 rings (SSSR count). The summed E-state index contributed by atoms with van der Waals surface area (Å²) in [5.74, 6) is 0.169. The van der Waals surface area contributed by atoms with Gasteiger partial charge in [-0.2, -0.15) is 0 Å². The van der Waals surface area contributed by atoms with E-state index in [2.05, 4.69) is 29.8 Å². The molecule has 0 bridgehead atoms. The molecule has 0 aliphatic heterocycles. The second-order valence-corrected chi connectivity index (χ2v) is 5.12. The van der Waals surface area contributed by atoms with Crippen molar-refractivity contribution in [2.75, 3.05) is 19.8 Å². The Morgan fingerprint density at radius 1 is 1.39 bits per heavy atom. The lowest BCUT2D eigenvalue weighted by molar-refractivity contribution is 0.0695. The van der Waals surface area contributed by atoms with Gasteiger partial charge in [-0.15, -0.1) is 0 Å². The number of halogens is 1. The third-order valence-electron chi connectivity index (χ3n) is 2.12. The van der Waals surface area contributed by atoms with Crippen molar-refractivity contribution in [1.82, 2.24) is 0 Å². The molecule has 0 unspecified atom stereocenters. The van der Waals surface area contributed by atoms with Crippen LogP contribution in [0.25, 0.3) is 0 Å². The first-order valence-electron chi connectivity index (χ1n) is 5.74. The second-order valence-electron chi connectivity index (χ2n) is 4.26. The van der Waals surface area contributed by atoms with Gasteiger partial charge in [0.05, 0.1) is 12.2 Å². The lowest BCUT2D eigenvalue weighted by atomic mass is 10.2. The van der Waals surface area contributed by atoms with E-state index in [0.29, 0.717) is 36.0 Å². The van der Waals surface area contributed by atoms with Gasteiger partial charge in [0.1, 0.15) is 12.4 Å². The first kappa shape index (κ1) is 15.0. The van der Waals surface area contributed by atoms with Gasteiger partial charge in [-0.05, 0) is 40.0 Å². The maximum atomic E-state index is 10.8. The van der Waals surface area contributed by atoms with E-state index in [4.69, 9.17) is 14.6 Å². The van der Waals surface area contributed by atoms with Crippen molar-refractivity contribution < 1.29 is 19.4 Å². The highest BCUT2D eigenvalue weighted by molar-refractivity contribution is 9.10. The SMILES string of the molecule is CC(C)COCCOc1ccc(C(=O)O)c(Br)c1. The molecule has 18 heavy (non-hydrogen) atoms. The number of rotatable bonds is 7. The van der Waals surface area contributed by atoms with Crippen LogP contribution in [0.3, 0.4) is 0 Å². The van der Waals surface area contributed by atoms with Crippen LogP contribution in [0, 0.1) is 5.92 Å². The summed E-state index contributed by atoms with van der Waals surface area (Å²) >= 11 is 3.20. The van der Waals surface area contributed by atoms with Crippen LogP contribution < -0.4 is 4.74 Å². The van der Waals surface area contributed by atoms with Crippen molar-refractivity contribution in [2.45, 2.75) is 13.8 Å². The van der Waals surface area contributed by atoms with E-state index >= 15 is 0 Å². The van der Waals surface area contributed by atoms with Crippen LogP contribution in [-0.4, -0.2) is 30.9 Å². The molecular formula is C13H17BrO4. The topological polar surface area (TPSA) is 55.8 Å². The monoisotopic (exact) mass is 316 g/mol. The lowest BCUT2D eigenvalue weighted by Gasteiger charge is -2.09. The van der Waals surface area contributed by atoms with Gasteiger partial charge in [-0.1, -0.05) is 13.8 Å². The number of aromatic carboxylic acids is 1. The number of hydrogen-bond donors (Lipinski definition) is 1. The largest absolute Gasteiger partial charge is 0.491 e. The van der Waals surface area contributed by atoms with E-state index in [1.807, 2.05) is 0 Å². The molecule has 100 valence electrons. The normalized spacial score (nSPS) is 10.7. The van der Waals surface area contributed by atoms with Crippen LogP contribution in [0.1, 0.15) is 24.2 Å². The fourth-order valence-corrected chi connectivity index (χ4v) is 1.82. The van der Waals surface area contributed by atoms with Gasteiger partial charge < -0.3 is 14.6 Å². The first-order chi connectivity index (χ1) is 8.50. The number of benzene rings is 1. The molecule has 0 aromatic heterocycles. The summed E-state index contributed by atoms with van der Waals surface area (Å²) in [6.07, 6.45) is 0. The Hall–Kier alpha value is -1.07. The molecule has 0 heterocycles. The zero-order valence-electron chi connectivity index (χ0n) is 10.5. The summed E-state index contributed by atoms with van der Waals surface area (Å²) in [5.41, 5.74) is 0.221. The molecular weight excluding hydrogens is 300 g/mol. The Kier molecular flexibility index (Phi) is 6.15. The van der Waals surface area contributed by atoms with Crippen molar-refractivity contribution >= 4 is 21.9 Å². The number of ether oxygens (including phenoxy) is 2. The summed E-state index contributed by atoms with van der Waals surface area (Å²) < 4.78 is 11.3. The number of carboxylic acid groups (broad SMARTS) is 1. The fraction of sp³-hybridized carbons (Fsp3) is 0.462. The Labute approximate surface area is 115 Å². The smallest absolute Gasteiger partial charge is 0.336 e. The summed E-state index contributed by atoms with van der Waals surface area (Å²) in [6, 6.07) is 4.79. The highest BCUT2D eigenvalue weighted by Crippen LogP contribution is 2.23. The molecule has 0 saturated heterocycles. The summed E-state index contributed by atoms with van der Waals surface area (Å²) in [7, 11) is 0. The summed E-state index contributed by atoms with van der Waals surface area (Å²) in [6.45, 7) is 5.86. The standard InChI is InChI=1S/C13H17BrO4/c1-9(2)8-17-5-6-18-10-3-4-11(13(15)16)12(14)7-10/h3-4,7,9H,5-6,8H2,1-2H3,(H,15,16). The van der Waals surface area contributed by atoms with Crippen molar-refractivity contribution in [1.29, 1.82) is 0 Å². The quantitative estimate of drug-likeness (QED) is 0.785. The van der Waals surface area contributed by atoms with E-state index in [0.717, 1.165) is 0 Å². The molecule has 0 fully saturated rings. The maximum absolute atomic E-state index is 10.8. The predicted molar refractivity (Wildman–Crippen MR) is 72.3 cm³/mol. The van der Waals surface area contributed by atoms with Gasteiger partial charge >= 0.3 is 5.97 Å². The first-order valence-corrected chi connectivity index (χ1v) is 6.53. The molecule has 0 amide bonds. The number of hydrogen-bond acceptors (Lipinski definition) is 3. The Morgan fingerprint density at radius 2 is 2.11 bits per heavy atom. The van der Waals surface area contributed by atoms with Crippen LogP contribution in [-0.2, 0) is 4.74 Å². The molecule has 1 aromatic rings. The zero-order valence-corrected chi connectivity index (χ0v) is 12.1. The van der Waals surface area contributed by atoms with E-state index in [1.54, 1.807) is 12.1 Å². The Bertz CT molecular complexity index is 404. The predicted octanol–water partition coefficient (Wildman–Crippen LogP) is 3.20. The van der Waals surface area contributed by atoms with E-state index in [1.165, 1.54) is 6.07 Å². The molecule has 0 radical (unpaired) electrons. The molecule has 1 aromatic carbocycles. The Morgan fingerprint density at radius 3 is 2.67 bits per heavy atom. The van der Waals surface area contributed by atoms with Gasteiger partial charge in [0, 0.05) is 11.1 Å². The third kappa shape index (κ3) is 5.06. The molecule has 5 heteroatoms. The average molecular weight is 317 g/mol. The molecule has 0 saturated carbocycles. The summed E-state index contributed by atoms with van der Waals surface area (Å²) in [4.78, 5) is 10.8. The van der Waals surface area contributed by atoms with Crippen molar-refractivity contribution in [2.24, 2.45) is 5.92 Å². The number of carbonyl (C=O) groups is 1. The van der Waals surface area contributed by atoms with E-state index in [-0.39, 0.29) is 5.56 Å². The van der Waals surface area contributed by atoms with E-state index < -0.39 is 5.97 Å². The molecule has 0 aliphatic carbocycles. The lowest BCUT2D eigenvalue weighted by Crippen LogP contribution is -2.10. The van der Waals surface area contributed by atoms with Gasteiger partial charge in [-0.25, -0.2) is 4.79 Å². The third-order valence-corrected chi connectivity index (χ3v) is 2.77. The number of carboxylic acids is 1. The van der Waals surface area contributed by atoms with Crippen molar-refractivity contribution in [3.05, 3.63) is 28.2 Å². The molecule has 1 N–H and O–H groups in total. The van der Waals surface area contributed by atoms with Crippen LogP contribution >= 0.6 is 15.9 Å². The maximum Gasteiger partial charge on any atom is 0.336 e. The van der Waals surface area contributed by atoms with Gasteiger partial charge in [0.25, 0.3) is 0 Å². The fourth-order valence-electron chi connectivity index (χ4n) is 1.30. The second kappa shape index (κ2) is 7.38. The molecule has 0 atom stereocenters. The van der Waals surface area contributed by atoms with Crippen LogP contribution in [0.5, 0.6) is 5.75 Å².